The van der Waals surface area contributed by atoms with Crippen molar-refractivity contribution < 1.29 is 31.3 Å². The maximum Gasteiger partial charge on any atom is 0.406 e. The molecule has 2 aromatic carbocycles. The van der Waals surface area contributed by atoms with Crippen molar-refractivity contribution in [2.75, 3.05) is 25.5 Å². The summed E-state index contributed by atoms with van der Waals surface area (Å²) in [5.41, 5.74) is 1.76. The number of nitrogens with zero attached hydrogens (tertiary/aromatic N) is 4. The molecule has 222 valence electrons. The fourth-order valence-corrected chi connectivity index (χ4v) is 5.65. The SMILES string of the molecule is CN1CC[C@@H](Nc2cccc3c2cc(-c2noc(CNC(=O)[C@@H]4C[C@H]4c4ccc(F)cc4)n2)n3CC(F)(F)F)[C@@H](F)C1. The first kappa shape index (κ1) is 28.1. The summed E-state index contributed by atoms with van der Waals surface area (Å²) in [5.74, 6) is -0.889. The van der Waals surface area contributed by atoms with Crippen LogP contribution in [0.2, 0.25) is 0 Å². The molecule has 0 radical (unpaired) electrons. The number of hydrogen-bond acceptors (Lipinski definition) is 6. The molecule has 6 rings (SSSR count). The fraction of sp³-hybridized carbons (Fsp3) is 0.414. The molecule has 2 aromatic heterocycles. The van der Waals surface area contributed by atoms with E-state index < -0.39 is 24.9 Å². The van der Waals surface area contributed by atoms with Crippen molar-refractivity contribution in [3.05, 3.63) is 65.8 Å². The second kappa shape index (κ2) is 11.0. The minimum Gasteiger partial charge on any atom is -0.379 e. The standard InChI is InChI=1S/C29H29F5N6O2/c1-39-10-9-23(21(31)14-39)36-22-3-2-4-24-20(22)12-25(40(24)15-29(32,33)34)27-37-26(42-38-27)13-35-28(41)19-11-18(19)16-5-7-17(30)8-6-16/h2-8,12,18-19,21,23,36H,9-11,13-15H2,1H3,(H,35,41)/t18-,19+,21-,23+/m0/s1. The van der Waals surface area contributed by atoms with Gasteiger partial charge in [-0.05, 0) is 61.7 Å². The number of rotatable bonds is 8. The Morgan fingerprint density at radius 3 is 2.69 bits per heavy atom. The maximum absolute atomic E-state index is 14.7. The molecule has 3 heterocycles. The van der Waals surface area contributed by atoms with Gasteiger partial charge in [-0.1, -0.05) is 23.4 Å². The first-order chi connectivity index (χ1) is 20.1. The van der Waals surface area contributed by atoms with Crippen molar-refractivity contribution in [2.24, 2.45) is 5.92 Å². The van der Waals surface area contributed by atoms with Gasteiger partial charge < -0.3 is 24.6 Å². The van der Waals surface area contributed by atoms with Gasteiger partial charge in [0.25, 0.3) is 0 Å². The first-order valence-electron chi connectivity index (χ1n) is 13.7. The van der Waals surface area contributed by atoms with Crippen LogP contribution in [0.1, 0.15) is 30.2 Å². The van der Waals surface area contributed by atoms with Gasteiger partial charge in [0, 0.05) is 30.1 Å². The highest BCUT2D eigenvalue weighted by Crippen LogP contribution is 2.47. The summed E-state index contributed by atoms with van der Waals surface area (Å²) in [7, 11) is 1.84. The van der Waals surface area contributed by atoms with Gasteiger partial charge in [-0.15, -0.1) is 0 Å². The molecular weight excluding hydrogens is 559 g/mol. The Kier molecular flexibility index (Phi) is 7.37. The lowest BCUT2D eigenvalue weighted by Crippen LogP contribution is -2.46. The summed E-state index contributed by atoms with van der Waals surface area (Å²) in [4.78, 5) is 18.8. The smallest absolute Gasteiger partial charge is 0.379 e. The third kappa shape index (κ3) is 5.96. The van der Waals surface area contributed by atoms with Crippen LogP contribution in [0, 0.1) is 11.7 Å². The number of alkyl halides is 4. The zero-order valence-corrected chi connectivity index (χ0v) is 22.7. The molecule has 13 heteroatoms. The first-order valence-corrected chi connectivity index (χ1v) is 13.7. The van der Waals surface area contributed by atoms with Gasteiger partial charge in [-0.25, -0.2) is 8.78 Å². The van der Waals surface area contributed by atoms with Gasteiger partial charge in [-0.2, -0.15) is 18.2 Å². The monoisotopic (exact) mass is 588 g/mol. The van der Waals surface area contributed by atoms with Gasteiger partial charge in [-0.3, -0.25) is 4.79 Å². The second-order valence-electron chi connectivity index (χ2n) is 11.0. The number of nitrogens with one attached hydrogen (secondary N) is 2. The number of hydrogen-bond donors (Lipinski definition) is 2. The van der Waals surface area contributed by atoms with E-state index in [1.54, 1.807) is 30.3 Å². The lowest BCUT2D eigenvalue weighted by Gasteiger charge is -2.33. The summed E-state index contributed by atoms with van der Waals surface area (Å²) in [5, 5.41) is 10.3. The normalized spacial score (nSPS) is 22.8. The molecule has 2 fully saturated rings. The molecule has 1 aliphatic carbocycles. The van der Waals surface area contributed by atoms with Gasteiger partial charge in [0.2, 0.25) is 17.6 Å². The number of piperidine rings is 1. The number of anilines is 1. The summed E-state index contributed by atoms with van der Waals surface area (Å²) in [6, 6.07) is 12.0. The predicted molar refractivity (Wildman–Crippen MR) is 145 cm³/mol. The minimum atomic E-state index is -4.53. The topological polar surface area (TPSA) is 88.2 Å². The van der Waals surface area contributed by atoms with Crippen molar-refractivity contribution >= 4 is 22.5 Å². The average molecular weight is 589 g/mol. The summed E-state index contributed by atoms with van der Waals surface area (Å²) in [6.07, 6.45) is -4.49. The molecular formula is C29H29F5N6O2. The Balaban J connectivity index is 1.20. The highest BCUT2D eigenvalue weighted by molar-refractivity contribution is 5.96. The Morgan fingerprint density at radius 2 is 1.95 bits per heavy atom. The number of benzene rings is 2. The Hall–Kier alpha value is -4.00. The van der Waals surface area contributed by atoms with Crippen LogP contribution >= 0.6 is 0 Å². The van der Waals surface area contributed by atoms with E-state index in [9.17, 15) is 26.7 Å². The van der Waals surface area contributed by atoms with E-state index in [-0.39, 0.29) is 59.6 Å². The summed E-state index contributed by atoms with van der Waals surface area (Å²) >= 11 is 0. The van der Waals surface area contributed by atoms with Crippen molar-refractivity contribution in [1.82, 2.24) is 24.9 Å². The van der Waals surface area contributed by atoms with Crippen molar-refractivity contribution in [1.29, 1.82) is 0 Å². The quantitative estimate of drug-likeness (QED) is 0.273. The van der Waals surface area contributed by atoms with Crippen LogP contribution in [0.15, 0.2) is 53.1 Å². The number of fused-ring (bicyclic) bond motifs is 1. The van der Waals surface area contributed by atoms with Crippen molar-refractivity contribution in [2.45, 2.75) is 50.2 Å². The molecule has 1 amide bonds. The van der Waals surface area contributed by atoms with Crippen LogP contribution in [-0.2, 0) is 17.9 Å². The molecule has 42 heavy (non-hydrogen) atoms. The fourth-order valence-electron chi connectivity index (χ4n) is 5.65. The molecule has 4 aromatic rings. The lowest BCUT2D eigenvalue weighted by molar-refractivity contribution is -0.139. The van der Waals surface area contributed by atoms with Crippen LogP contribution in [0.5, 0.6) is 0 Å². The largest absolute Gasteiger partial charge is 0.406 e. The lowest BCUT2D eigenvalue weighted by atomic mass is 10.0. The minimum absolute atomic E-state index is 0.00748. The van der Waals surface area contributed by atoms with E-state index in [0.29, 0.717) is 30.5 Å². The van der Waals surface area contributed by atoms with E-state index in [2.05, 4.69) is 20.8 Å². The third-order valence-corrected chi connectivity index (χ3v) is 7.90. The Labute approximate surface area is 237 Å². The van der Waals surface area contributed by atoms with E-state index in [4.69, 9.17) is 4.52 Å². The van der Waals surface area contributed by atoms with Crippen LogP contribution in [-0.4, -0.2) is 64.0 Å². The number of amides is 1. The van der Waals surface area contributed by atoms with Crippen molar-refractivity contribution in [3.8, 4) is 11.5 Å². The number of likely N-dealkylation sites (tertiary alicyclic amines) is 1. The zero-order chi connectivity index (χ0) is 29.6. The third-order valence-electron chi connectivity index (χ3n) is 7.90. The van der Waals surface area contributed by atoms with Crippen LogP contribution in [0.3, 0.4) is 0 Å². The molecule has 1 saturated heterocycles. The summed E-state index contributed by atoms with van der Waals surface area (Å²) < 4.78 is 75.2. The van der Waals surface area contributed by atoms with Gasteiger partial charge >= 0.3 is 6.18 Å². The molecule has 0 unspecified atom stereocenters. The Bertz CT molecular complexity index is 1580. The molecule has 0 bridgehead atoms. The average Bonchev–Trinajstić information content (AvgIpc) is 3.46. The van der Waals surface area contributed by atoms with Crippen LogP contribution in [0.4, 0.5) is 27.6 Å². The molecule has 1 aliphatic heterocycles. The number of carbonyl (C=O) groups excluding carboxylic acids is 1. The molecule has 4 atom stereocenters. The highest BCUT2D eigenvalue weighted by Gasteiger charge is 2.44. The molecule has 1 saturated carbocycles. The molecule has 0 spiro atoms. The van der Waals surface area contributed by atoms with Gasteiger partial charge in [0.05, 0.1) is 23.8 Å². The van der Waals surface area contributed by atoms with Crippen molar-refractivity contribution in [3.63, 3.8) is 0 Å². The predicted octanol–water partition coefficient (Wildman–Crippen LogP) is 5.27. The number of aromatic nitrogens is 3. The second-order valence-corrected chi connectivity index (χ2v) is 11.0. The van der Waals surface area contributed by atoms with E-state index >= 15 is 0 Å². The number of halogens is 5. The molecule has 8 nitrogen and oxygen atoms in total. The van der Waals surface area contributed by atoms with Crippen LogP contribution < -0.4 is 10.6 Å². The van der Waals surface area contributed by atoms with E-state index in [0.717, 1.165) is 10.1 Å². The van der Waals surface area contributed by atoms with Crippen LogP contribution in [0.25, 0.3) is 22.4 Å². The van der Waals surface area contributed by atoms with E-state index in [1.165, 1.54) is 18.2 Å². The Morgan fingerprint density at radius 1 is 1.17 bits per heavy atom. The molecule has 2 aliphatic rings. The van der Waals surface area contributed by atoms with Gasteiger partial charge in [0.15, 0.2) is 0 Å². The summed E-state index contributed by atoms with van der Waals surface area (Å²) in [6.45, 7) is -0.422. The zero-order valence-electron chi connectivity index (χ0n) is 22.7. The number of carbonyl (C=O) groups is 1. The van der Waals surface area contributed by atoms with Gasteiger partial charge in [0.1, 0.15) is 18.5 Å². The molecule has 2 N–H and O–H groups in total. The highest BCUT2D eigenvalue weighted by atomic mass is 19.4. The maximum atomic E-state index is 14.7. The van der Waals surface area contributed by atoms with E-state index in [1.807, 2.05) is 11.9 Å².